The Bertz CT molecular complexity index is 783. The van der Waals surface area contributed by atoms with Crippen molar-refractivity contribution in [2.24, 2.45) is 12.0 Å². The molecule has 1 N–H and O–H groups in total. The maximum absolute atomic E-state index is 4.54. The number of guanidine groups is 1. The molecule has 0 amide bonds. The summed E-state index contributed by atoms with van der Waals surface area (Å²) in [6.07, 6.45) is 5.27. The third-order valence-electron chi connectivity index (χ3n) is 5.74. The van der Waals surface area contributed by atoms with Crippen LogP contribution in [-0.4, -0.2) is 58.8 Å². The van der Waals surface area contributed by atoms with Crippen molar-refractivity contribution in [2.45, 2.75) is 39.3 Å². The van der Waals surface area contributed by atoms with Gasteiger partial charge in [-0.15, -0.1) is 24.0 Å². The summed E-state index contributed by atoms with van der Waals surface area (Å²) in [6.45, 7) is 10.4. The second kappa shape index (κ2) is 11.5. The van der Waals surface area contributed by atoms with Crippen LogP contribution in [0.3, 0.4) is 0 Å². The Morgan fingerprint density at radius 1 is 1.24 bits per heavy atom. The highest BCUT2D eigenvalue weighted by Gasteiger charge is 2.26. The highest BCUT2D eigenvalue weighted by Crippen LogP contribution is 2.26. The van der Waals surface area contributed by atoms with Gasteiger partial charge in [0.1, 0.15) is 0 Å². The third kappa shape index (κ3) is 6.18. The normalized spacial score (nSPS) is 16.9. The van der Waals surface area contributed by atoms with E-state index in [9.17, 15) is 0 Å². The summed E-state index contributed by atoms with van der Waals surface area (Å²) >= 11 is 0. The lowest BCUT2D eigenvalue weighted by atomic mass is 10.0. The number of aliphatic imine (C=N–C) groups is 1. The Balaban J connectivity index is 0.00000300. The van der Waals surface area contributed by atoms with Crippen molar-refractivity contribution in [3.63, 3.8) is 0 Å². The SMILES string of the molecule is CCN(CC)Cc1ccccc1CNC(=NC)N1CCC(c2cnn(C)c2)C1.I. The summed E-state index contributed by atoms with van der Waals surface area (Å²) in [4.78, 5) is 9.36. The van der Waals surface area contributed by atoms with Crippen LogP contribution in [0, 0.1) is 0 Å². The fourth-order valence-electron chi connectivity index (χ4n) is 3.95. The van der Waals surface area contributed by atoms with Crippen molar-refractivity contribution in [3.8, 4) is 0 Å². The number of aromatic nitrogens is 2. The van der Waals surface area contributed by atoms with Gasteiger partial charge in [0.15, 0.2) is 5.96 Å². The molecule has 160 valence electrons. The molecular weight excluding hydrogens is 475 g/mol. The monoisotopic (exact) mass is 510 g/mol. The van der Waals surface area contributed by atoms with Crippen LogP contribution in [0.5, 0.6) is 0 Å². The minimum atomic E-state index is 0. The second-order valence-corrected chi connectivity index (χ2v) is 7.51. The van der Waals surface area contributed by atoms with Crippen LogP contribution in [0.1, 0.15) is 42.9 Å². The summed E-state index contributed by atoms with van der Waals surface area (Å²) in [6, 6.07) is 8.73. The van der Waals surface area contributed by atoms with E-state index in [1.165, 1.54) is 16.7 Å². The van der Waals surface area contributed by atoms with Crippen molar-refractivity contribution in [3.05, 3.63) is 53.3 Å². The smallest absolute Gasteiger partial charge is 0.193 e. The first-order valence-corrected chi connectivity index (χ1v) is 10.4. The molecule has 1 aromatic carbocycles. The molecule has 2 heterocycles. The van der Waals surface area contributed by atoms with E-state index in [4.69, 9.17) is 0 Å². The van der Waals surface area contributed by atoms with Crippen LogP contribution in [0.25, 0.3) is 0 Å². The fraction of sp³-hybridized carbons (Fsp3) is 0.545. The molecule has 6 nitrogen and oxygen atoms in total. The van der Waals surface area contributed by atoms with Crippen LogP contribution in [0.4, 0.5) is 0 Å². The molecule has 1 aliphatic heterocycles. The van der Waals surface area contributed by atoms with E-state index in [1.807, 2.05) is 25.0 Å². The van der Waals surface area contributed by atoms with Gasteiger partial charge in [0, 0.05) is 52.4 Å². The highest BCUT2D eigenvalue weighted by atomic mass is 127. The zero-order valence-corrected chi connectivity index (χ0v) is 20.5. The van der Waals surface area contributed by atoms with Crippen molar-refractivity contribution in [1.29, 1.82) is 0 Å². The van der Waals surface area contributed by atoms with Gasteiger partial charge < -0.3 is 10.2 Å². The molecule has 2 aromatic rings. The zero-order chi connectivity index (χ0) is 19.9. The summed E-state index contributed by atoms with van der Waals surface area (Å²) in [5.41, 5.74) is 4.06. The molecule has 29 heavy (non-hydrogen) atoms. The zero-order valence-electron chi connectivity index (χ0n) is 18.1. The Morgan fingerprint density at radius 2 is 1.97 bits per heavy atom. The molecule has 0 bridgehead atoms. The lowest BCUT2D eigenvalue weighted by Crippen LogP contribution is -2.39. The van der Waals surface area contributed by atoms with Gasteiger partial charge in [-0.05, 0) is 36.2 Å². The van der Waals surface area contributed by atoms with E-state index in [0.29, 0.717) is 5.92 Å². The van der Waals surface area contributed by atoms with E-state index >= 15 is 0 Å². The van der Waals surface area contributed by atoms with Crippen molar-refractivity contribution in [1.82, 2.24) is 24.9 Å². The molecule has 0 aliphatic carbocycles. The molecule has 1 aromatic heterocycles. The van der Waals surface area contributed by atoms with Crippen molar-refractivity contribution in [2.75, 3.05) is 33.2 Å². The van der Waals surface area contributed by atoms with E-state index in [1.54, 1.807) is 0 Å². The van der Waals surface area contributed by atoms with E-state index < -0.39 is 0 Å². The summed E-state index contributed by atoms with van der Waals surface area (Å²) in [5.74, 6) is 1.52. The Labute approximate surface area is 192 Å². The van der Waals surface area contributed by atoms with Crippen molar-refractivity contribution < 1.29 is 0 Å². The van der Waals surface area contributed by atoms with Gasteiger partial charge in [-0.3, -0.25) is 14.6 Å². The van der Waals surface area contributed by atoms with Gasteiger partial charge in [-0.25, -0.2) is 0 Å². The lowest BCUT2D eigenvalue weighted by molar-refractivity contribution is 0.295. The van der Waals surface area contributed by atoms with Crippen LogP contribution < -0.4 is 5.32 Å². The van der Waals surface area contributed by atoms with Gasteiger partial charge in [0.05, 0.1) is 6.20 Å². The first-order valence-electron chi connectivity index (χ1n) is 10.4. The number of nitrogens with zero attached hydrogens (tertiary/aromatic N) is 5. The average molecular weight is 510 g/mol. The first kappa shape index (κ1) is 23.7. The van der Waals surface area contributed by atoms with Gasteiger partial charge >= 0.3 is 0 Å². The van der Waals surface area contributed by atoms with E-state index in [2.05, 4.69) is 69.5 Å². The predicted octanol–water partition coefficient (Wildman–Crippen LogP) is 3.44. The summed E-state index contributed by atoms with van der Waals surface area (Å²) in [7, 11) is 3.86. The number of likely N-dealkylation sites (tertiary alicyclic amines) is 1. The van der Waals surface area contributed by atoms with E-state index in [0.717, 1.165) is 51.6 Å². The number of hydrogen-bond donors (Lipinski definition) is 1. The standard InChI is InChI=1S/C22H34N6.HI/c1-5-27(6-2)16-19-10-8-7-9-18(19)13-24-22(23-3)28-12-11-20(17-28)21-14-25-26(4)15-21;/h7-10,14-15,20H,5-6,11-13,16-17H2,1-4H3,(H,23,24);1H. The Morgan fingerprint density at radius 3 is 2.59 bits per heavy atom. The molecule has 1 fully saturated rings. The maximum Gasteiger partial charge on any atom is 0.193 e. The molecule has 7 heteroatoms. The molecule has 0 spiro atoms. The predicted molar refractivity (Wildman–Crippen MR) is 131 cm³/mol. The molecule has 1 unspecified atom stereocenters. The lowest BCUT2D eigenvalue weighted by Gasteiger charge is -2.23. The molecule has 1 saturated heterocycles. The Hall–Kier alpha value is -1.61. The van der Waals surface area contributed by atoms with E-state index in [-0.39, 0.29) is 24.0 Å². The fourth-order valence-corrected chi connectivity index (χ4v) is 3.95. The first-order chi connectivity index (χ1) is 13.6. The molecule has 3 rings (SSSR count). The average Bonchev–Trinajstić information content (AvgIpc) is 3.37. The van der Waals surface area contributed by atoms with Gasteiger partial charge in [-0.2, -0.15) is 5.10 Å². The molecule has 0 radical (unpaired) electrons. The quantitative estimate of drug-likeness (QED) is 0.352. The van der Waals surface area contributed by atoms with Gasteiger partial charge in [0.2, 0.25) is 0 Å². The number of halogens is 1. The number of rotatable bonds is 7. The van der Waals surface area contributed by atoms with Crippen LogP contribution in [0.15, 0.2) is 41.7 Å². The molecule has 0 saturated carbocycles. The number of aryl methyl sites for hydroxylation is 1. The van der Waals surface area contributed by atoms with Crippen LogP contribution >= 0.6 is 24.0 Å². The Kier molecular flexibility index (Phi) is 9.42. The topological polar surface area (TPSA) is 48.7 Å². The van der Waals surface area contributed by atoms with Gasteiger partial charge in [0.25, 0.3) is 0 Å². The number of benzene rings is 1. The summed E-state index contributed by atoms with van der Waals surface area (Å²) in [5, 5.41) is 7.91. The number of hydrogen-bond acceptors (Lipinski definition) is 3. The number of nitrogens with one attached hydrogen (secondary N) is 1. The largest absolute Gasteiger partial charge is 0.352 e. The van der Waals surface area contributed by atoms with Crippen LogP contribution in [0.2, 0.25) is 0 Å². The molecular formula is C22H35IN6. The molecule has 1 aliphatic rings. The third-order valence-corrected chi connectivity index (χ3v) is 5.74. The minimum Gasteiger partial charge on any atom is -0.352 e. The minimum absolute atomic E-state index is 0. The second-order valence-electron chi connectivity index (χ2n) is 7.51. The maximum atomic E-state index is 4.54. The van der Waals surface area contributed by atoms with Crippen LogP contribution in [-0.2, 0) is 20.1 Å². The summed E-state index contributed by atoms with van der Waals surface area (Å²) < 4.78 is 1.89. The highest BCUT2D eigenvalue weighted by molar-refractivity contribution is 14.0. The molecule has 1 atom stereocenters. The van der Waals surface area contributed by atoms with Crippen molar-refractivity contribution >= 4 is 29.9 Å². The van der Waals surface area contributed by atoms with Gasteiger partial charge in [-0.1, -0.05) is 38.1 Å².